The van der Waals surface area contributed by atoms with Gasteiger partial charge in [0.05, 0.1) is 0 Å². The fourth-order valence-electron chi connectivity index (χ4n) is 2.66. The van der Waals surface area contributed by atoms with E-state index in [0.29, 0.717) is 6.61 Å². The van der Waals surface area contributed by atoms with Crippen molar-refractivity contribution in [2.45, 2.75) is 13.2 Å². The van der Waals surface area contributed by atoms with Gasteiger partial charge in [-0.2, -0.15) is 0 Å². The molecule has 18 heavy (non-hydrogen) atoms. The van der Waals surface area contributed by atoms with Gasteiger partial charge in [0, 0.05) is 30.5 Å². The number of fused-ring (bicyclic) bond motifs is 3. The number of ether oxygens (including phenoxy) is 1. The first kappa shape index (κ1) is 11.3. The standard InChI is InChI=1S/C16H17NO/c1-3-18-16-14-10-5-4-8-12(14)13-9-6-7-11-15(13)17(16)2/h4-11,16H,3H2,1-2H3. The van der Waals surface area contributed by atoms with E-state index in [2.05, 4.69) is 60.5 Å². The van der Waals surface area contributed by atoms with E-state index in [1.807, 2.05) is 6.92 Å². The molecule has 2 nitrogen and oxygen atoms in total. The predicted octanol–water partition coefficient (Wildman–Crippen LogP) is 3.84. The number of anilines is 1. The molecule has 2 heteroatoms. The van der Waals surface area contributed by atoms with Crippen LogP contribution in [-0.4, -0.2) is 13.7 Å². The van der Waals surface area contributed by atoms with Gasteiger partial charge in [-0.3, -0.25) is 0 Å². The molecule has 0 saturated carbocycles. The highest BCUT2D eigenvalue weighted by molar-refractivity contribution is 5.84. The second-order valence-corrected chi connectivity index (χ2v) is 4.52. The van der Waals surface area contributed by atoms with Crippen LogP contribution in [0.3, 0.4) is 0 Å². The van der Waals surface area contributed by atoms with Crippen LogP contribution >= 0.6 is 0 Å². The third-order valence-electron chi connectivity index (χ3n) is 3.48. The second-order valence-electron chi connectivity index (χ2n) is 4.52. The largest absolute Gasteiger partial charge is 0.354 e. The molecule has 0 N–H and O–H groups in total. The third-order valence-corrected chi connectivity index (χ3v) is 3.48. The van der Waals surface area contributed by atoms with Crippen LogP contribution in [0.15, 0.2) is 48.5 Å². The summed E-state index contributed by atoms with van der Waals surface area (Å²) in [4.78, 5) is 2.21. The number of para-hydroxylation sites is 1. The van der Waals surface area contributed by atoms with E-state index in [0.717, 1.165) is 0 Å². The van der Waals surface area contributed by atoms with E-state index in [-0.39, 0.29) is 6.23 Å². The van der Waals surface area contributed by atoms with Gasteiger partial charge in [-0.15, -0.1) is 0 Å². The maximum absolute atomic E-state index is 5.90. The monoisotopic (exact) mass is 239 g/mol. The SMILES string of the molecule is CCOC1c2ccccc2-c2ccccc2N1C. The van der Waals surface area contributed by atoms with Crippen molar-refractivity contribution in [3.8, 4) is 11.1 Å². The van der Waals surface area contributed by atoms with Gasteiger partial charge >= 0.3 is 0 Å². The fourth-order valence-corrected chi connectivity index (χ4v) is 2.66. The average Bonchev–Trinajstić information content (AvgIpc) is 2.43. The molecule has 0 saturated heterocycles. The lowest BCUT2D eigenvalue weighted by atomic mass is 9.92. The summed E-state index contributed by atoms with van der Waals surface area (Å²) in [5.41, 5.74) is 5.05. The van der Waals surface area contributed by atoms with Crippen molar-refractivity contribution in [2.75, 3.05) is 18.6 Å². The Morgan fingerprint density at radius 3 is 2.44 bits per heavy atom. The van der Waals surface area contributed by atoms with Crippen molar-refractivity contribution in [1.29, 1.82) is 0 Å². The molecule has 0 aromatic heterocycles. The van der Waals surface area contributed by atoms with Gasteiger partial charge in [-0.1, -0.05) is 42.5 Å². The summed E-state index contributed by atoms with van der Waals surface area (Å²) in [6, 6.07) is 17.0. The van der Waals surface area contributed by atoms with Gasteiger partial charge in [-0.25, -0.2) is 0 Å². The minimum absolute atomic E-state index is 0.0149. The maximum atomic E-state index is 5.90. The first-order chi connectivity index (χ1) is 8.83. The van der Waals surface area contributed by atoms with E-state index < -0.39 is 0 Å². The Labute approximate surface area is 108 Å². The van der Waals surface area contributed by atoms with Gasteiger partial charge in [0.2, 0.25) is 0 Å². The third kappa shape index (κ3) is 1.61. The summed E-state index contributed by atoms with van der Waals surface area (Å²) < 4.78 is 5.90. The summed E-state index contributed by atoms with van der Waals surface area (Å²) in [7, 11) is 2.09. The molecule has 1 aliphatic rings. The van der Waals surface area contributed by atoms with Gasteiger partial charge in [-0.05, 0) is 18.6 Å². The van der Waals surface area contributed by atoms with Crippen molar-refractivity contribution in [1.82, 2.24) is 0 Å². The second kappa shape index (κ2) is 4.46. The molecule has 3 rings (SSSR count). The average molecular weight is 239 g/mol. The zero-order valence-corrected chi connectivity index (χ0v) is 10.8. The zero-order valence-electron chi connectivity index (χ0n) is 10.8. The Bertz CT molecular complexity index is 565. The molecule has 0 spiro atoms. The van der Waals surface area contributed by atoms with Crippen LogP contribution in [-0.2, 0) is 4.74 Å². The summed E-state index contributed by atoms with van der Waals surface area (Å²) >= 11 is 0. The van der Waals surface area contributed by atoms with Crippen molar-refractivity contribution < 1.29 is 4.74 Å². The van der Waals surface area contributed by atoms with Crippen molar-refractivity contribution in [3.63, 3.8) is 0 Å². The molecule has 0 amide bonds. The van der Waals surface area contributed by atoms with Crippen LogP contribution in [0.2, 0.25) is 0 Å². The minimum Gasteiger partial charge on any atom is -0.354 e. The van der Waals surface area contributed by atoms with E-state index in [9.17, 15) is 0 Å². The summed E-state index contributed by atoms with van der Waals surface area (Å²) in [6.07, 6.45) is 0.0149. The highest BCUT2D eigenvalue weighted by atomic mass is 16.5. The lowest BCUT2D eigenvalue weighted by molar-refractivity contribution is 0.0628. The molecule has 2 aromatic rings. The Morgan fingerprint density at radius 2 is 1.67 bits per heavy atom. The smallest absolute Gasteiger partial charge is 0.156 e. The number of nitrogens with zero attached hydrogens (tertiary/aromatic N) is 1. The Morgan fingerprint density at radius 1 is 1.00 bits per heavy atom. The Kier molecular flexibility index (Phi) is 2.80. The molecule has 0 bridgehead atoms. The fraction of sp³-hybridized carbons (Fsp3) is 0.250. The number of rotatable bonds is 2. The number of benzene rings is 2. The summed E-state index contributed by atoms with van der Waals surface area (Å²) in [5, 5.41) is 0. The van der Waals surface area contributed by atoms with E-state index in [1.165, 1.54) is 22.4 Å². The van der Waals surface area contributed by atoms with Crippen LogP contribution < -0.4 is 4.90 Å². The summed E-state index contributed by atoms with van der Waals surface area (Å²) in [6.45, 7) is 2.75. The minimum atomic E-state index is 0.0149. The molecule has 1 aliphatic heterocycles. The molecular weight excluding hydrogens is 222 g/mol. The Balaban J connectivity index is 2.21. The zero-order chi connectivity index (χ0) is 12.5. The van der Waals surface area contributed by atoms with Gasteiger partial charge in [0.15, 0.2) is 6.23 Å². The van der Waals surface area contributed by atoms with Crippen molar-refractivity contribution in [3.05, 3.63) is 54.1 Å². The molecular formula is C16H17NO. The van der Waals surface area contributed by atoms with Gasteiger partial charge in [0.1, 0.15) is 0 Å². The number of hydrogen-bond donors (Lipinski definition) is 0. The molecule has 0 radical (unpaired) electrons. The Hall–Kier alpha value is -1.80. The first-order valence-corrected chi connectivity index (χ1v) is 6.35. The quantitative estimate of drug-likeness (QED) is 0.789. The first-order valence-electron chi connectivity index (χ1n) is 6.35. The van der Waals surface area contributed by atoms with Gasteiger partial charge < -0.3 is 9.64 Å². The lowest BCUT2D eigenvalue weighted by Gasteiger charge is -2.37. The predicted molar refractivity (Wildman–Crippen MR) is 74.6 cm³/mol. The molecule has 1 atom stereocenters. The molecule has 1 heterocycles. The molecule has 92 valence electrons. The van der Waals surface area contributed by atoms with Gasteiger partial charge in [0.25, 0.3) is 0 Å². The van der Waals surface area contributed by atoms with E-state index >= 15 is 0 Å². The molecule has 1 unspecified atom stereocenters. The van der Waals surface area contributed by atoms with Crippen LogP contribution in [0.1, 0.15) is 18.7 Å². The molecule has 0 fully saturated rings. The normalized spacial score (nSPS) is 17.2. The topological polar surface area (TPSA) is 12.5 Å². The van der Waals surface area contributed by atoms with E-state index in [4.69, 9.17) is 4.74 Å². The highest BCUT2D eigenvalue weighted by Crippen LogP contribution is 2.43. The maximum Gasteiger partial charge on any atom is 0.156 e. The van der Waals surface area contributed by atoms with Crippen molar-refractivity contribution in [2.24, 2.45) is 0 Å². The molecule has 0 aliphatic carbocycles. The van der Waals surface area contributed by atoms with Crippen molar-refractivity contribution >= 4 is 5.69 Å². The summed E-state index contributed by atoms with van der Waals surface area (Å²) in [5.74, 6) is 0. The van der Waals surface area contributed by atoms with Crippen LogP contribution in [0.25, 0.3) is 11.1 Å². The van der Waals surface area contributed by atoms with E-state index in [1.54, 1.807) is 0 Å². The molecule has 2 aromatic carbocycles. The van der Waals surface area contributed by atoms with Crippen LogP contribution in [0, 0.1) is 0 Å². The van der Waals surface area contributed by atoms with Crippen LogP contribution in [0.5, 0.6) is 0 Å². The number of hydrogen-bond acceptors (Lipinski definition) is 2. The lowest BCUT2D eigenvalue weighted by Crippen LogP contribution is -2.30. The highest BCUT2D eigenvalue weighted by Gasteiger charge is 2.28. The van der Waals surface area contributed by atoms with Crippen LogP contribution in [0.4, 0.5) is 5.69 Å².